The van der Waals surface area contributed by atoms with Gasteiger partial charge in [0, 0.05) is 0 Å². The summed E-state index contributed by atoms with van der Waals surface area (Å²) in [6, 6.07) is 31.1. The molecule has 32 heavy (non-hydrogen) atoms. The fraction of sp³-hybridized carbons (Fsp3) is 0.107. The van der Waals surface area contributed by atoms with Gasteiger partial charge in [0.2, 0.25) is 0 Å². The molecule has 4 rings (SSSR count). The van der Waals surface area contributed by atoms with E-state index in [-0.39, 0.29) is 21.5 Å². The summed E-state index contributed by atoms with van der Waals surface area (Å²) in [5.41, 5.74) is 6.88. The van der Waals surface area contributed by atoms with Crippen LogP contribution in [0.2, 0.25) is 0 Å². The van der Waals surface area contributed by atoms with Crippen molar-refractivity contribution < 1.29 is 4.79 Å². The zero-order chi connectivity index (χ0) is 22.3. The van der Waals surface area contributed by atoms with Gasteiger partial charge in [0.05, 0.1) is 0 Å². The third-order valence-corrected chi connectivity index (χ3v) is 7.58. The molecule has 4 heteroatoms. The van der Waals surface area contributed by atoms with Crippen molar-refractivity contribution in [3.05, 3.63) is 108 Å². The van der Waals surface area contributed by atoms with Crippen LogP contribution in [0.25, 0.3) is 22.4 Å². The molecule has 1 heterocycles. The second kappa shape index (κ2) is 10.2. The van der Waals surface area contributed by atoms with Crippen LogP contribution in [0.15, 0.2) is 91.1 Å². The number of rotatable bonds is 7. The summed E-state index contributed by atoms with van der Waals surface area (Å²) in [5, 5.41) is 10.3. The van der Waals surface area contributed by atoms with Crippen LogP contribution in [-0.2, 0) is 16.4 Å². The van der Waals surface area contributed by atoms with Gasteiger partial charge in [0.25, 0.3) is 0 Å². The van der Waals surface area contributed by atoms with Crippen molar-refractivity contribution in [1.29, 1.82) is 5.26 Å². The van der Waals surface area contributed by atoms with Gasteiger partial charge >= 0.3 is 196 Å². The molecule has 3 nitrogen and oxygen atoms in total. The van der Waals surface area contributed by atoms with E-state index in [4.69, 9.17) is 0 Å². The Morgan fingerprint density at radius 2 is 1.69 bits per heavy atom. The van der Waals surface area contributed by atoms with E-state index in [0.717, 1.165) is 33.2 Å². The third-order valence-electron chi connectivity index (χ3n) is 5.14. The SMILES string of the molecule is CC(=O)Cc1cccc([As]Cc2ccc(-c3ncc(C#N)cc3-c3ccccc3)cc2)c1. The summed E-state index contributed by atoms with van der Waals surface area (Å²) in [7, 11) is 0. The average molecular weight is 477 g/mol. The van der Waals surface area contributed by atoms with Gasteiger partial charge in [-0.25, -0.2) is 0 Å². The van der Waals surface area contributed by atoms with E-state index in [1.807, 2.05) is 48.5 Å². The molecular formula is C28H22AsN2O. The van der Waals surface area contributed by atoms with Crippen LogP contribution in [-0.4, -0.2) is 26.5 Å². The van der Waals surface area contributed by atoms with E-state index in [0.29, 0.717) is 12.0 Å². The molecule has 0 atom stereocenters. The van der Waals surface area contributed by atoms with E-state index >= 15 is 0 Å². The van der Waals surface area contributed by atoms with Crippen LogP contribution in [0, 0.1) is 11.3 Å². The number of hydrogen-bond acceptors (Lipinski definition) is 3. The second-order valence-corrected chi connectivity index (χ2v) is 10.1. The van der Waals surface area contributed by atoms with Gasteiger partial charge in [-0.15, -0.1) is 0 Å². The Kier molecular flexibility index (Phi) is 6.95. The molecule has 0 saturated carbocycles. The molecule has 0 fully saturated rings. The number of aromatic nitrogens is 1. The number of nitrogens with zero attached hydrogens (tertiary/aromatic N) is 2. The topological polar surface area (TPSA) is 53.8 Å². The average Bonchev–Trinajstić information content (AvgIpc) is 2.83. The van der Waals surface area contributed by atoms with Gasteiger partial charge in [0.15, 0.2) is 0 Å². The van der Waals surface area contributed by atoms with Crippen molar-refractivity contribution in [2.75, 3.05) is 0 Å². The molecule has 4 aromatic rings. The summed E-state index contributed by atoms with van der Waals surface area (Å²) in [6.07, 6.45) is 2.14. The molecule has 155 valence electrons. The predicted molar refractivity (Wildman–Crippen MR) is 130 cm³/mol. The molecule has 0 spiro atoms. The Labute approximate surface area is 195 Å². The standard InChI is InChI=1S/C28H22AsN2O/c1-20(32)14-22-6-5-9-26(15-22)29-17-21-10-12-25(13-11-21)28-27(16-23(18-30)19-31-28)24-7-3-2-4-8-24/h2-13,15-16,19H,14,17H2,1H3. The number of carbonyl (C=O) groups is 1. The number of ketones is 1. The number of Topliss-reactive ketones (excluding diaryl/α,β-unsaturated/α-hetero) is 1. The first-order chi connectivity index (χ1) is 15.6. The van der Waals surface area contributed by atoms with Crippen LogP contribution in [0.1, 0.15) is 23.6 Å². The Balaban J connectivity index is 1.54. The van der Waals surface area contributed by atoms with Gasteiger partial charge in [-0.1, -0.05) is 0 Å². The summed E-state index contributed by atoms with van der Waals surface area (Å²) in [6.45, 7) is 1.63. The normalized spacial score (nSPS) is 10.9. The molecule has 1 radical (unpaired) electrons. The maximum absolute atomic E-state index is 11.4. The molecule has 0 unspecified atom stereocenters. The van der Waals surface area contributed by atoms with Crippen LogP contribution >= 0.6 is 0 Å². The van der Waals surface area contributed by atoms with Crippen LogP contribution in [0.3, 0.4) is 0 Å². The van der Waals surface area contributed by atoms with E-state index in [1.54, 1.807) is 13.1 Å². The Bertz CT molecular complexity index is 1280. The van der Waals surface area contributed by atoms with Gasteiger partial charge < -0.3 is 0 Å². The van der Waals surface area contributed by atoms with Gasteiger partial charge in [-0.2, -0.15) is 0 Å². The number of carbonyl (C=O) groups excluding carboxylic acids is 1. The summed E-state index contributed by atoms with van der Waals surface area (Å²) in [4.78, 5) is 16.0. The quantitative estimate of drug-likeness (QED) is 0.354. The van der Waals surface area contributed by atoms with Crippen molar-refractivity contribution in [3.63, 3.8) is 0 Å². The fourth-order valence-electron chi connectivity index (χ4n) is 3.60. The van der Waals surface area contributed by atoms with E-state index in [1.165, 1.54) is 9.91 Å². The Morgan fingerprint density at radius 3 is 2.41 bits per heavy atom. The number of pyridine rings is 1. The van der Waals surface area contributed by atoms with Gasteiger partial charge in [-0.05, 0) is 0 Å². The number of nitriles is 1. The molecule has 0 N–H and O–H groups in total. The van der Waals surface area contributed by atoms with Crippen LogP contribution < -0.4 is 4.35 Å². The molecule has 0 bridgehead atoms. The minimum absolute atomic E-state index is 0.0103. The first-order valence-corrected chi connectivity index (χ1v) is 12.7. The fourth-order valence-corrected chi connectivity index (χ4v) is 5.75. The zero-order valence-electron chi connectivity index (χ0n) is 17.8. The van der Waals surface area contributed by atoms with E-state index in [9.17, 15) is 10.1 Å². The molecule has 0 saturated heterocycles. The third kappa shape index (κ3) is 5.41. The molecule has 0 aliphatic rings. The van der Waals surface area contributed by atoms with Crippen LogP contribution in [0.4, 0.5) is 0 Å². The van der Waals surface area contributed by atoms with Gasteiger partial charge in [-0.3, -0.25) is 0 Å². The minimum atomic E-state index is -0.0103. The van der Waals surface area contributed by atoms with Crippen molar-refractivity contribution in [3.8, 4) is 28.5 Å². The molecular weight excluding hydrogens is 455 g/mol. The van der Waals surface area contributed by atoms with Crippen molar-refractivity contribution in [2.45, 2.75) is 18.6 Å². The van der Waals surface area contributed by atoms with Crippen molar-refractivity contribution >= 4 is 25.9 Å². The Hall–Kier alpha value is -3.47. The molecule has 0 aliphatic heterocycles. The van der Waals surface area contributed by atoms with Crippen molar-refractivity contribution in [1.82, 2.24) is 4.98 Å². The number of hydrogen-bond donors (Lipinski definition) is 0. The van der Waals surface area contributed by atoms with Gasteiger partial charge in [0.1, 0.15) is 0 Å². The van der Waals surface area contributed by atoms with E-state index < -0.39 is 0 Å². The predicted octanol–water partition coefficient (Wildman–Crippen LogP) is 4.95. The van der Waals surface area contributed by atoms with Crippen LogP contribution in [0.5, 0.6) is 0 Å². The zero-order valence-corrected chi connectivity index (χ0v) is 19.7. The summed E-state index contributed by atoms with van der Waals surface area (Å²) in [5.74, 6) is 0.195. The number of benzene rings is 3. The molecule has 0 amide bonds. The molecule has 3 aromatic carbocycles. The maximum atomic E-state index is 11.4. The van der Waals surface area contributed by atoms with E-state index in [2.05, 4.69) is 47.5 Å². The Morgan fingerprint density at radius 1 is 0.906 bits per heavy atom. The monoisotopic (exact) mass is 477 g/mol. The first kappa shape index (κ1) is 21.7. The first-order valence-electron chi connectivity index (χ1n) is 10.4. The van der Waals surface area contributed by atoms with Crippen molar-refractivity contribution in [2.24, 2.45) is 0 Å². The summed E-state index contributed by atoms with van der Waals surface area (Å²) < 4.78 is 1.34. The second-order valence-electron chi connectivity index (χ2n) is 7.66. The molecule has 1 aromatic heterocycles. The molecule has 0 aliphatic carbocycles. The summed E-state index contributed by atoms with van der Waals surface area (Å²) >= 11 is -0.0103.